The highest BCUT2D eigenvalue weighted by molar-refractivity contribution is 14.1. The van der Waals surface area contributed by atoms with Crippen LogP contribution in [-0.2, 0) is 11.8 Å². The van der Waals surface area contributed by atoms with E-state index in [0.717, 1.165) is 27.9 Å². The first-order valence-electron chi connectivity index (χ1n) is 5.29. The van der Waals surface area contributed by atoms with Gasteiger partial charge in [0.05, 0.1) is 9.26 Å². The van der Waals surface area contributed by atoms with Gasteiger partial charge < -0.3 is 0 Å². The molecule has 2 nitrogen and oxygen atoms in total. The number of aromatic nitrogens is 2. The highest BCUT2D eigenvalue weighted by atomic mass is 127. The summed E-state index contributed by atoms with van der Waals surface area (Å²) >= 11 is 8.37. The van der Waals surface area contributed by atoms with E-state index in [1.165, 1.54) is 12.8 Å². The summed E-state index contributed by atoms with van der Waals surface area (Å²) in [6.45, 7) is 4.37. The van der Waals surface area contributed by atoms with Gasteiger partial charge in [-0.15, -0.1) is 0 Å². The van der Waals surface area contributed by atoms with Crippen LogP contribution in [0, 0.1) is 3.57 Å². The van der Waals surface area contributed by atoms with Crippen molar-refractivity contribution in [2.24, 2.45) is 0 Å². The van der Waals surface area contributed by atoms with Gasteiger partial charge in [0, 0.05) is 5.41 Å². The second-order valence-corrected chi connectivity index (χ2v) is 5.85. The van der Waals surface area contributed by atoms with E-state index in [2.05, 4.69) is 46.4 Å². The predicted molar refractivity (Wildman–Crippen MR) is 70.3 cm³/mol. The zero-order valence-corrected chi connectivity index (χ0v) is 11.9. The van der Waals surface area contributed by atoms with Crippen LogP contribution < -0.4 is 0 Å². The Morgan fingerprint density at radius 2 is 2.07 bits per heavy atom. The minimum absolute atomic E-state index is 0.205. The SMILES string of the molecule is CCCc1nc(C2(C)CC2)nc(Cl)c1I. The molecule has 4 heteroatoms. The molecule has 1 aromatic heterocycles. The molecule has 0 N–H and O–H groups in total. The van der Waals surface area contributed by atoms with Crippen LogP contribution in [0.15, 0.2) is 0 Å². The summed E-state index contributed by atoms with van der Waals surface area (Å²) in [6.07, 6.45) is 4.47. The average molecular weight is 337 g/mol. The van der Waals surface area contributed by atoms with Gasteiger partial charge in [-0.3, -0.25) is 0 Å². The maximum atomic E-state index is 6.13. The van der Waals surface area contributed by atoms with Gasteiger partial charge in [0.2, 0.25) is 0 Å². The van der Waals surface area contributed by atoms with Crippen molar-refractivity contribution < 1.29 is 0 Å². The second kappa shape index (κ2) is 4.17. The number of halogens is 2. The number of aryl methyl sites for hydroxylation is 1. The summed E-state index contributed by atoms with van der Waals surface area (Å²) in [5, 5.41) is 0.622. The summed E-state index contributed by atoms with van der Waals surface area (Å²) in [4.78, 5) is 9.05. The summed E-state index contributed by atoms with van der Waals surface area (Å²) in [6, 6.07) is 0. The minimum Gasteiger partial charge on any atom is -0.236 e. The lowest BCUT2D eigenvalue weighted by molar-refractivity contribution is 0.690. The minimum atomic E-state index is 0.205. The van der Waals surface area contributed by atoms with Crippen LogP contribution in [-0.4, -0.2) is 9.97 Å². The van der Waals surface area contributed by atoms with Crippen LogP contribution in [0.1, 0.15) is 44.6 Å². The van der Waals surface area contributed by atoms with E-state index < -0.39 is 0 Å². The molecule has 1 fully saturated rings. The Balaban J connectivity index is 2.41. The lowest BCUT2D eigenvalue weighted by Gasteiger charge is -2.11. The monoisotopic (exact) mass is 336 g/mol. The van der Waals surface area contributed by atoms with Gasteiger partial charge in [0.1, 0.15) is 11.0 Å². The van der Waals surface area contributed by atoms with E-state index in [-0.39, 0.29) is 5.41 Å². The normalized spacial score (nSPS) is 17.9. The van der Waals surface area contributed by atoms with Gasteiger partial charge in [-0.1, -0.05) is 31.9 Å². The van der Waals surface area contributed by atoms with E-state index in [9.17, 15) is 0 Å². The van der Waals surface area contributed by atoms with E-state index in [0.29, 0.717) is 5.15 Å². The molecule has 0 amide bonds. The van der Waals surface area contributed by atoms with E-state index in [1.807, 2.05) is 0 Å². The first-order chi connectivity index (χ1) is 7.07. The molecule has 1 aromatic rings. The summed E-state index contributed by atoms with van der Waals surface area (Å²) in [5.74, 6) is 0.941. The topological polar surface area (TPSA) is 25.8 Å². The maximum Gasteiger partial charge on any atom is 0.146 e. The molecule has 0 radical (unpaired) electrons. The zero-order valence-electron chi connectivity index (χ0n) is 8.98. The van der Waals surface area contributed by atoms with Gasteiger partial charge >= 0.3 is 0 Å². The van der Waals surface area contributed by atoms with Crippen LogP contribution in [0.4, 0.5) is 0 Å². The van der Waals surface area contributed by atoms with Crippen molar-refractivity contribution in [1.82, 2.24) is 9.97 Å². The Bertz CT molecular complexity index is 388. The Hall–Kier alpha value is 0.100. The summed E-state index contributed by atoms with van der Waals surface area (Å²) in [7, 11) is 0. The highest BCUT2D eigenvalue weighted by Crippen LogP contribution is 2.46. The quantitative estimate of drug-likeness (QED) is 0.621. The first-order valence-corrected chi connectivity index (χ1v) is 6.75. The van der Waals surface area contributed by atoms with Crippen LogP contribution in [0.25, 0.3) is 0 Å². The Kier molecular flexibility index (Phi) is 3.22. The van der Waals surface area contributed by atoms with E-state index >= 15 is 0 Å². The van der Waals surface area contributed by atoms with Gasteiger partial charge in [0.25, 0.3) is 0 Å². The number of rotatable bonds is 3. The molecule has 0 unspecified atom stereocenters. The molecule has 1 aliphatic carbocycles. The molecular weight excluding hydrogens is 322 g/mol. The standard InChI is InChI=1S/C11H14ClIN2/c1-3-4-7-8(13)9(12)15-10(14-7)11(2)5-6-11/h3-6H2,1-2H3. The molecule has 2 rings (SSSR count). The third kappa shape index (κ3) is 2.28. The molecule has 1 heterocycles. The molecule has 0 aromatic carbocycles. The number of nitrogens with zero attached hydrogens (tertiary/aromatic N) is 2. The Morgan fingerprint density at radius 1 is 1.40 bits per heavy atom. The van der Waals surface area contributed by atoms with Crippen LogP contribution in [0.3, 0.4) is 0 Å². The first kappa shape index (κ1) is 11.6. The summed E-state index contributed by atoms with van der Waals surface area (Å²) in [5.41, 5.74) is 1.32. The lowest BCUT2D eigenvalue weighted by atomic mass is 10.1. The molecular formula is C11H14ClIN2. The van der Waals surface area contributed by atoms with Crippen molar-refractivity contribution in [3.8, 4) is 0 Å². The van der Waals surface area contributed by atoms with Crippen molar-refractivity contribution >= 4 is 34.2 Å². The van der Waals surface area contributed by atoms with Crippen LogP contribution in [0.2, 0.25) is 5.15 Å². The molecule has 0 atom stereocenters. The van der Waals surface area contributed by atoms with Crippen molar-refractivity contribution in [2.45, 2.75) is 44.9 Å². The third-order valence-corrected chi connectivity index (χ3v) is 4.63. The molecule has 0 saturated heterocycles. The molecule has 1 saturated carbocycles. The molecule has 82 valence electrons. The van der Waals surface area contributed by atoms with E-state index in [1.54, 1.807) is 0 Å². The molecule has 1 aliphatic rings. The van der Waals surface area contributed by atoms with Crippen LogP contribution >= 0.6 is 34.2 Å². The van der Waals surface area contributed by atoms with Gasteiger partial charge in [-0.2, -0.15) is 0 Å². The Labute approximate surface area is 109 Å². The largest absolute Gasteiger partial charge is 0.236 e. The van der Waals surface area contributed by atoms with E-state index in [4.69, 9.17) is 11.6 Å². The van der Waals surface area contributed by atoms with Gasteiger partial charge in [-0.25, -0.2) is 9.97 Å². The highest BCUT2D eigenvalue weighted by Gasteiger charge is 2.42. The number of hydrogen-bond donors (Lipinski definition) is 0. The van der Waals surface area contributed by atoms with Crippen molar-refractivity contribution in [3.05, 3.63) is 20.2 Å². The average Bonchev–Trinajstić information content (AvgIpc) is 2.93. The third-order valence-electron chi connectivity index (χ3n) is 2.91. The zero-order chi connectivity index (χ0) is 11.1. The maximum absolute atomic E-state index is 6.13. The number of hydrogen-bond acceptors (Lipinski definition) is 2. The summed E-state index contributed by atoms with van der Waals surface area (Å²) < 4.78 is 1.02. The van der Waals surface area contributed by atoms with Gasteiger partial charge in [-0.05, 0) is 41.9 Å². The van der Waals surface area contributed by atoms with Crippen molar-refractivity contribution in [1.29, 1.82) is 0 Å². The predicted octanol–water partition coefficient (Wildman–Crippen LogP) is 3.74. The van der Waals surface area contributed by atoms with Crippen molar-refractivity contribution in [2.75, 3.05) is 0 Å². The lowest BCUT2D eigenvalue weighted by Crippen LogP contribution is -2.11. The second-order valence-electron chi connectivity index (χ2n) is 4.41. The van der Waals surface area contributed by atoms with Crippen LogP contribution in [0.5, 0.6) is 0 Å². The smallest absolute Gasteiger partial charge is 0.146 e. The molecule has 0 bridgehead atoms. The molecule has 15 heavy (non-hydrogen) atoms. The molecule has 0 aliphatic heterocycles. The van der Waals surface area contributed by atoms with Gasteiger partial charge in [0.15, 0.2) is 0 Å². The fourth-order valence-electron chi connectivity index (χ4n) is 1.55. The molecule has 0 spiro atoms. The fraction of sp³-hybridized carbons (Fsp3) is 0.636. The fourth-order valence-corrected chi connectivity index (χ4v) is 2.25. The van der Waals surface area contributed by atoms with Crippen molar-refractivity contribution in [3.63, 3.8) is 0 Å². The Morgan fingerprint density at radius 3 is 2.60 bits per heavy atom.